The highest BCUT2D eigenvalue weighted by Gasteiger charge is 2.16. The van der Waals surface area contributed by atoms with E-state index in [9.17, 15) is 14.0 Å². The fraction of sp³-hybridized carbons (Fsp3) is 0.150. The van der Waals surface area contributed by atoms with Crippen LogP contribution >= 0.6 is 11.3 Å². The van der Waals surface area contributed by atoms with Gasteiger partial charge >= 0.3 is 5.97 Å². The second kappa shape index (κ2) is 9.16. The molecule has 0 saturated carbocycles. The van der Waals surface area contributed by atoms with Crippen molar-refractivity contribution in [3.63, 3.8) is 0 Å². The van der Waals surface area contributed by atoms with Gasteiger partial charge in [-0.2, -0.15) is 0 Å². The topological polar surface area (TPSA) is 86.8 Å². The van der Waals surface area contributed by atoms with Gasteiger partial charge in [-0.1, -0.05) is 12.1 Å². The Bertz CT molecular complexity index is 1040. The molecule has 0 aliphatic rings. The molecule has 1 N–H and O–H groups in total. The number of rotatable bonds is 7. The van der Waals surface area contributed by atoms with Gasteiger partial charge in [-0.3, -0.25) is 10.1 Å². The van der Waals surface area contributed by atoms with Crippen LogP contribution in [0.15, 0.2) is 47.8 Å². The quantitative estimate of drug-likeness (QED) is 0.590. The minimum atomic E-state index is -0.917. The Labute approximate surface area is 170 Å². The van der Waals surface area contributed by atoms with Crippen LogP contribution in [0.1, 0.15) is 10.4 Å². The van der Waals surface area contributed by atoms with Crippen LogP contribution in [0.3, 0.4) is 0 Å². The van der Waals surface area contributed by atoms with Crippen molar-refractivity contribution in [1.29, 1.82) is 0 Å². The Morgan fingerprint density at radius 2 is 1.93 bits per heavy atom. The van der Waals surface area contributed by atoms with Crippen LogP contribution in [0, 0.1) is 5.82 Å². The number of esters is 1. The van der Waals surface area contributed by atoms with E-state index in [0.29, 0.717) is 27.9 Å². The summed E-state index contributed by atoms with van der Waals surface area (Å²) in [6.45, 7) is -0.565. The van der Waals surface area contributed by atoms with Crippen molar-refractivity contribution < 1.29 is 28.2 Å². The standard InChI is InChI=1S/C20H17FN2O5S/c1-26-12-7-8-17(27-2)14(9-12)16-11-29-20(22-16)23-18(24)10-28-19(25)13-5-3-4-6-15(13)21/h3-9,11H,10H2,1-2H3,(H,22,23,24). The Morgan fingerprint density at radius 1 is 1.14 bits per heavy atom. The number of hydrogen-bond donors (Lipinski definition) is 1. The lowest BCUT2D eigenvalue weighted by Gasteiger charge is -2.08. The second-order valence-electron chi connectivity index (χ2n) is 5.71. The molecule has 0 unspecified atom stereocenters. The maximum atomic E-state index is 13.6. The highest BCUT2D eigenvalue weighted by Crippen LogP contribution is 2.34. The third-order valence-electron chi connectivity index (χ3n) is 3.86. The molecule has 0 saturated heterocycles. The van der Waals surface area contributed by atoms with Gasteiger partial charge in [0.2, 0.25) is 0 Å². The zero-order valence-corrected chi connectivity index (χ0v) is 16.4. The molecular weight excluding hydrogens is 399 g/mol. The van der Waals surface area contributed by atoms with E-state index in [-0.39, 0.29) is 5.56 Å². The maximum absolute atomic E-state index is 13.6. The van der Waals surface area contributed by atoms with E-state index in [1.807, 2.05) is 0 Å². The molecule has 9 heteroatoms. The molecule has 29 heavy (non-hydrogen) atoms. The first kappa shape index (κ1) is 20.3. The van der Waals surface area contributed by atoms with Crippen LogP contribution in [0.4, 0.5) is 9.52 Å². The normalized spacial score (nSPS) is 10.3. The number of halogens is 1. The van der Waals surface area contributed by atoms with Crippen LogP contribution < -0.4 is 14.8 Å². The third-order valence-corrected chi connectivity index (χ3v) is 4.62. The molecule has 3 rings (SSSR count). The lowest BCUT2D eigenvalue weighted by molar-refractivity contribution is -0.119. The first-order chi connectivity index (χ1) is 14.0. The first-order valence-corrected chi connectivity index (χ1v) is 9.29. The number of benzene rings is 2. The summed E-state index contributed by atoms with van der Waals surface area (Å²) in [5.41, 5.74) is 1.06. The Balaban J connectivity index is 1.64. The zero-order valence-electron chi connectivity index (χ0n) is 15.6. The zero-order chi connectivity index (χ0) is 20.8. The first-order valence-electron chi connectivity index (χ1n) is 8.41. The summed E-state index contributed by atoms with van der Waals surface area (Å²) >= 11 is 1.20. The summed E-state index contributed by atoms with van der Waals surface area (Å²) in [6, 6.07) is 10.7. The molecule has 0 spiro atoms. The minimum absolute atomic E-state index is 0.234. The van der Waals surface area contributed by atoms with Crippen molar-refractivity contribution in [2.45, 2.75) is 0 Å². The SMILES string of the molecule is COc1ccc(OC)c(-c2csc(NC(=O)COC(=O)c3ccccc3F)n2)c1. The van der Waals surface area contributed by atoms with E-state index in [0.717, 1.165) is 6.07 Å². The fourth-order valence-electron chi connectivity index (χ4n) is 2.46. The minimum Gasteiger partial charge on any atom is -0.497 e. The number of methoxy groups -OCH3 is 2. The fourth-order valence-corrected chi connectivity index (χ4v) is 3.19. The monoisotopic (exact) mass is 416 g/mol. The molecule has 0 bridgehead atoms. The molecule has 0 fully saturated rings. The third kappa shape index (κ3) is 4.88. The molecule has 0 radical (unpaired) electrons. The Morgan fingerprint density at radius 3 is 2.66 bits per heavy atom. The highest BCUT2D eigenvalue weighted by molar-refractivity contribution is 7.14. The molecule has 7 nitrogen and oxygen atoms in total. The van der Waals surface area contributed by atoms with Crippen molar-refractivity contribution in [2.75, 3.05) is 26.1 Å². The van der Waals surface area contributed by atoms with Crippen molar-refractivity contribution in [3.05, 3.63) is 59.2 Å². The Hall–Kier alpha value is -3.46. The lowest BCUT2D eigenvalue weighted by Crippen LogP contribution is -2.21. The molecule has 1 amide bonds. The lowest BCUT2D eigenvalue weighted by atomic mass is 10.1. The summed E-state index contributed by atoms with van der Waals surface area (Å²) in [4.78, 5) is 28.3. The van der Waals surface area contributed by atoms with Crippen molar-refractivity contribution >= 4 is 28.3 Å². The van der Waals surface area contributed by atoms with E-state index in [1.165, 1.54) is 29.5 Å². The molecular formula is C20H17FN2O5S. The van der Waals surface area contributed by atoms with Gasteiger partial charge in [-0.15, -0.1) is 11.3 Å². The number of thiazole rings is 1. The van der Waals surface area contributed by atoms with Gasteiger partial charge in [0.1, 0.15) is 17.3 Å². The predicted molar refractivity (Wildman–Crippen MR) is 106 cm³/mol. The number of ether oxygens (including phenoxy) is 3. The molecule has 150 valence electrons. The van der Waals surface area contributed by atoms with Crippen LogP contribution in [0.5, 0.6) is 11.5 Å². The van der Waals surface area contributed by atoms with E-state index in [1.54, 1.807) is 37.8 Å². The van der Waals surface area contributed by atoms with Crippen LogP contribution in [0.25, 0.3) is 11.3 Å². The summed E-state index contributed by atoms with van der Waals surface area (Å²) in [6.07, 6.45) is 0. The van der Waals surface area contributed by atoms with Crippen molar-refractivity contribution in [3.8, 4) is 22.8 Å². The molecule has 0 atom stereocenters. The van der Waals surface area contributed by atoms with Gasteiger partial charge in [-0.05, 0) is 30.3 Å². The maximum Gasteiger partial charge on any atom is 0.341 e. The van der Waals surface area contributed by atoms with Gasteiger partial charge in [0.05, 0.1) is 25.5 Å². The van der Waals surface area contributed by atoms with Crippen LogP contribution in [-0.4, -0.2) is 37.7 Å². The summed E-state index contributed by atoms with van der Waals surface area (Å²) in [5, 5.41) is 4.61. The summed E-state index contributed by atoms with van der Waals surface area (Å²) < 4.78 is 29.0. The van der Waals surface area contributed by atoms with E-state index in [2.05, 4.69) is 10.3 Å². The molecule has 0 aliphatic heterocycles. The second-order valence-corrected chi connectivity index (χ2v) is 6.57. The number of amides is 1. The number of carbonyl (C=O) groups is 2. The average molecular weight is 416 g/mol. The van der Waals surface area contributed by atoms with Gasteiger partial charge in [0, 0.05) is 10.9 Å². The van der Waals surface area contributed by atoms with Crippen LogP contribution in [-0.2, 0) is 9.53 Å². The van der Waals surface area contributed by atoms with E-state index in [4.69, 9.17) is 14.2 Å². The highest BCUT2D eigenvalue weighted by atomic mass is 32.1. The van der Waals surface area contributed by atoms with Gasteiger partial charge in [0.15, 0.2) is 11.7 Å². The molecule has 3 aromatic rings. The van der Waals surface area contributed by atoms with Crippen LogP contribution in [0.2, 0.25) is 0 Å². The molecule has 2 aromatic carbocycles. The number of nitrogens with zero attached hydrogens (tertiary/aromatic N) is 1. The van der Waals surface area contributed by atoms with Gasteiger partial charge in [-0.25, -0.2) is 14.2 Å². The van der Waals surface area contributed by atoms with Gasteiger partial charge in [0.25, 0.3) is 5.91 Å². The molecule has 1 heterocycles. The van der Waals surface area contributed by atoms with Crippen molar-refractivity contribution in [2.24, 2.45) is 0 Å². The van der Waals surface area contributed by atoms with E-state index < -0.39 is 24.3 Å². The smallest absolute Gasteiger partial charge is 0.341 e. The Kier molecular flexibility index (Phi) is 6.40. The number of aromatic nitrogens is 1. The number of carbonyl (C=O) groups excluding carboxylic acids is 2. The summed E-state index contributed by atoms with van der Waals surface area (Å²) in [7, 11) is 3.10. The van der Waals surface area contributed by atoms with Crippen molar-refractivity contribution in [1.82, 2.24) is 4.98 Å². The largest absolute Gasteiger partial charge is 0.497 e. The van der Waals surface area contributed by atoms with E-state index >= 15 is 0 Å². The number of hydrogen-bond acceptors (Lipinski definition) is 7. The number of anilines is 1. The average Bonchev–Trinajstić information content (AvgIpc) is 3.20. The molecule has 0 aliphatic carbocycles. The summed E-state index contributed by atoms with van der Waals surface area (Å²) in [5.74, 6) is -0.977. The predicted octanol–water partition coefficient (Wildman–Crippen LogP) is 3.76. The molecule has 1 aromatic heterocycles. The van der Waals surface area contributed by atoms with Gasteiger partial charge < -0.3 is 14.2 Å². The number of nitrogens with one attached hydrogen (secondary N) is 1.